The second-order valence-corrected chi connectivity index (χ2v) is 7.40. The fourth-order valence-electron chi connectivity index (χ4n) is 3.91. The fraction of sp³-hybridized carbons (Fsp3) is 0.619. The van der Waals surface area contributed by atoms with Crippen molar-refractivity contribution in [2.45, 2.75) is 45.4 Å². The summed E-state index contributed by atoms with van der Waals surface area (Å²) >= 11 is 0. The summed E-state index contributed by atoms with van der Waals surface area (Å²) < 4.78 is 0. The lowest BCUT2D eigenvalue weighted by Crippen LogP contribution is -2.40. The second-order valence-electron chi connectivity index (χ2n) is 7.40. The first kappa shape index (κ1) is 18.9. The predicted molar refractivity (Wildman–Crippen MR) is 104 cm³/mol. The van der Waals surface area contributed by atoms with Gasteiger partial charge in [-0.1, -0.05) is 31.9 Å². The SMILES string of the molecule is CCc1ccc(N2CCC(C(=O)NCCN3CCCCCC3)C2=O)cc1. The summed E-state index contributed by atoms with van der Waals surface area (Å²) in [5, 5.41) is 2.98. The maximum Gasteiger partial charge on any atom is 0.239 e. The van der Waals surface area contributed by atoms with Gasteiger partial charge in [-0.2, -0.15) is 0 Å². The number of hydrogen-bond donors (Lipinski definition) is 1. The Bertz CT molecular complexity index is 606. The number of nitrogens with one attached hydrogen (secondary N) is 1. The first-order valence-electron chi connectivity index (χ1n) is 10.1. The summed E-state index contributed by atoms with van der Waals surface area (Å²) in [6, 6.07) is 8.07. The van der Waals surface area contributed by atoms with Gasteiger partial charge in [0.05, 0.1) is 0 Å². The first-order chi connectivity index (χ1) is 12.7. The van der Waals surface area contributed by atoms with Crippen LogP contribution in [0.25, 0.3) is 0 Å². The predicted octanol–water partition coefficient (Wildman–Crippen LogP) is 2.59. The molecule has 0 saturated carbocycles. The van der Waals surface area contributed by atoms with Crippen LogP contribution < -0.4 is 10.2 Å². The van der Waals surface area contributed by atoms with Crippen LogP contribution >= 0.6 is 0 Å². The third-order valence-electron chi connectivity index (χ3n) is 5.60. The van der Waals surface area contributed by atoms with E-state index < -0.39 is 5.92 Å². The first-order valence-corrected chi connectivity index (χ1v) is 10.1. The third-order valence-corrected chi connectivity index (χ3v) is 5.60. The average Bonchev–Trinajstić information content (AvgIpc) is 2.87. The van der Waals surface area contributed by atoms with Crippen molar-refractivity contribution >= 4 is 17.5 Å². The highest BCUT2D eigenvalue weighted by molar-refractivity contribution is 6.09. The largest absolute Gasteiger partial charge is 0.354 e. The topological polar surface area (TPSA) is 52.7 Å². The molecule has 2 saturated heterocycles. The molecular formula is C21H31N3O2. The van der Waals surface area contributed by atoms with Gasteiger partial charge in [0.2, 0.25) is 11.8 Å². The van der Waals surface area contributed by atoms with Crippen LogP contribution in [0.5, 0.6) is 0 Å². The zero-order valence-corrected chi connectivity index (χ0v) is 15.9. The van der Waals surface area contributed by atoms with Crippen LogP contribution in [0.15, 0.2) is 24.3 Å². The Hall–Kier alpha value is -1.88. The highest BCUT2D eigenvalue weighted by Crippen LogP contribution is 2.25. The molecule has 1 atom stereocenters. The molecular weight excluding hydrogens is 326 g/mol. The number of aryl methyl sites for hydroxylation is 1. The molecule has 2 amide bonds. The minimum atomic E-state index is -0.537. The van der Waals surface area contributed by atoms with Crippen LogP contribution in [0.3, 0.4) is 0 Å². The molecule has 1 N–H and O–H groups in total. The van der Waals surface area contributed by atoms with E-state index in [1.807, 2.05) is 12.1 Å². The van der Waals surface area contributed by atoms with E-state index in [0.717, 1.165) is 31.7 Å². The summed E-state index contributed by atoms with van der Waals surface area (Å²) in [6.07, 6.45) is 6.71. The van der Waals surface area contributed by atoms with Gasteiger partial charge in [-0.05, 0) is 56.5 Å². The molecule has 2 fully saturated rings. The van der Waals surface area contributed by atoms with Crippen LogP contribution in [-0.2, 0) is 16.0 Å². The van der Waals surface area contributed by atoms with Gasteiger partial charge >= 0.3 is 0 Å². The Labute approximate surface area is 156 Å². The third kappa shape index (κ3) is 4.64. The van der Waals surface area contributed by atoms with Crippen molar-refractivity contribution in [3.05, 3.63) is 29.8 Å². The summed E-state index contributed by atoms with van der Waals surface area (Å²) in [6.45, 7) is 6.50. The average molecular weight is 357 g/mol. The number of benzene rings is 1. The Morgan fingerprint density at radius 1 is 1.08 bits per heavy atom. The van der Waals surface area contributed by atoms with Crippen molar-refractivity contribution in [1.82, 2.24) is 10.2 Å². The van der Waals surface area contributed by atoms with E-state index in [-0.39, 0.29) is 11.8 Å². The Morgan fingerprint density at radius 2 is 1.77 bits per heavy atom. The number of carbonyl (C=O) groups is 2. The van der Waals surface area contributed by atoms with Gasteiger partial charge in [0.15, 0.2) is 0 Å². The molecule has 2 heterocycles. The van der Waals surface area contributed by atoms with Gasteiger partial charge in [-0.3, -0.25) is 9.59 Å². The Kier molecular flexibility index (Phi) is 6.67. The number of hydrogen-bond acceptors (Lipinski definition) is 3. The molecule has 0 bridgehead atoms. The molecule has 5 heteroatoms. The quantitative estimate of drug-likeness (QED) is 0.796. The van der Waals surface area contributed by atoms with Crippen molar-refractivity contribution < 1.29 is 9.59 Å². The van der Waals surface area contributed by atoms with E-state index in [4.69, 9.17) is 0 Å². The molecule has 0 aromatic heterocycles. The van der Waals surface area contributed by atoms with Crippen molar-refractivity contribution in [3.63, 3.8) is 0 Å². The number of amides is 2. The molecule has 1 unspecified atom stereocenters. The van der Waals surface area contributed by atoms with Crippen molar-refractivity contribution in [3.8, 4) is 0 Å². The summed E-state index contributed by atoms with van der Waals surface area (Å²) in [5.74, 6) is -0.719. The molecule has 3 rings (SSSR count). The summed E-state index contributed by atoms with van der Waals surface area (Å²) in [7, 11) is 0. The van der Waals surface area contributed by atoms with Crippen molar-refractivity contribution in [2.24, 2.45) is 5.92 Å². The zero-order chi connectivity index (χ0) is 18.4. The van der Waals surface area contributed by atoms with E-state index in [1.54, 1.807) is 4.90 Å². The molecule has 5 nitrogen and oxygen atoms in total. The smallest absolute Gasteiger partial charge is 0.239 e. The molecule has 2 aliphatic heterocycles. The molecule has 0 aliphatic carbocycles. The van der Waals surface area contributed by atoms with Crippen LogP contribution in [0, 0.1) is 5.92 Å². The molecule has 1 aromatic carbocycles. The lowest BCUT2D eigenvalue weighted by molar-refractivity contribution is -0.132. The number of rotatable bonds is 6. The maximum absolute atomic E-state index is 12.7. The van der Waals surface area contributed by atoms with Gasteiger partial charge in [0, 0.05) is 25.3 Å². The number of anilines is 1. The highest BCUT2D eigenvalue weighted by atomic mass is 16.2. The van der Waals surface area contributed by atoms with Crippen LogP contribution in [0.1, 0.15) is 44.6 Å². The number of likely N-dealkylation sites (tertiary alicyclic amines) is 1. The van der Waals surface area contributed by atoms with Gasteiger partial charge in [0.1, 0.15) is 5.92 Å². The van der Waals surface area contributed by atoms with E-state index >= 15 is 0 Å². The van der Waals surface area contributed by atoms with Crippen molar-refractivity contribution in [2.75, 3.05) is 37.6 Å². The van der Waals surface area contributed by atoms with Gasteiger partial charge < -0.3 is 15.1 Å². The second kappa shape index (κ2) is 9.17. The summed E-state index contributed by atoms with van der Waals surface area (Å²) in [4.78, 5) is 29.3. The summed E-state index contributed by atoms with van der Waals surface area (Å²) in [5.41, 5.74) is 2.15. The lowest BCUT2D eigenvalue weighted by Gasteiger charge is -2.20. The highest BCUT2D eigenvalue weighted by Gasteiger charge is 2.37. The van der Waals surface area contributed by atoms with E-state index in [9.17, 15) is 9.59 Å². The van der Waals surface area contributed by atoms with Gasteiger partial charge in [-0.25, -0.2) is 0 Å². The van der Waals surface area contributed by atoms with Crippen LogP contribution in [0.4, 0.5) is 5.69 Å². The van der Waals surface area contributed by atoms with Crippen LogP contribution in [-0.4, -0.2) is 49.4 Å². The van der Waals surface area contributed by atoms with Gasteiger partial charge in [0.25, 0.3) is 0 Å². The lowest BCUT2D eigenvalue weighted by atomic mass is 10.1. The monoisotopic (exact) mass is 357 g/mol. The maximum atomic E-state index is 12.7. The fourth-order valence-corrected chi connectivity index (χ4v) is 3.91. The Morgan fingerprint density at radius 3 is 2.42 bits per heavy atom. The zero-order valence-electron chi connectivity index (χ0n) is 15.9. The van der Waals surface area contributed by atoms with Crippen molar-refractivity contribution in [1.29, 1.82) is 0 Å². The number of carbonyl (C=O) groups excluding carboxylic acids is 2. The number of nitrogens with zero attached hydrogens (tertiary/aromatic N) is 2. The molecule has 1 aromatic rings. The standard InChI is InChI=1S/C21H31N3O2/c1-2-17-7-9-18(10-8-17)24-15-11-19(21(24)26)20(25)22-12-16-23-13-5-3-4-6-14-23/h7-10,19H,2-6,11-16H2,1H3,(H,22,25). The minimum Gasteiger partial charge on any atom is -0.354 e. The minimum absolute atomic E-state index is 0.0680. The normalized spacial score (nSPS) is 21.7. The Balaban J connectivity index is 1.48. The molecule has 26 heavy (non-hydrogen) atoms. The van der Waals surface area contributed by atoms with Crippen LogP contribution in [0.2, 0.25) is 0 Å². The van der Waals surface area contributed by atoms with E-state index in [0.29, 0.717) is 19.5 Å². The molecule has 142 valence electrons. The molecule has 2 aliphatic rings. The van der Waals surface area contributed by atoms with Gasteiger partial charge in [-0.15, -0.1) is 0 Å². The molecule has 0 radical (unpaired) electrons. The van der Waals surface area contributed by atoms with E-state index in [1.165, 1.54) is 31.2 Å². The van der Waals surface area contributed by atoms with E-state index in [2.05, 4.69) is 29.3 Å². The molecule has 0 spiro atoms.